The van der Waals surface area contributed by atoms with Crippen LogP contribution in [0.5, 0.6) is 0 Å². The van der Waals surface area contributed by atoms with Gasteiger partial charge in [-0.15, -0.1) is 11.3 Å². The van der Waals surface area contributed by atoms with Gasteiger partial charge in [0.2, 0.25) is 5.91 Å². The van der Waals surface area contributed by atoms with Gasteiger partial charge in [-0.1, -0.05) is 32.9 Å². The summed E-state index contributed by atoms with van der Waals surface area (Å²) in [7, 11) is -3.26. The molecule has 0 saturated heterocycles. The van der Waals surface area contributed by atoms with Crippen molar-refractivity contribution in [1.29, 1.82) is 5.26 Å². The predicted molar refractivity (Wildman–Crippen MR) is 139 cm³/mol. The molecule has 1 aliphatic rings. The average molecular weight is 524 g/mol. The van der Waals surface area contributed by atoms with Gasteiger partial charge in [0.05, 0.1) is 46.1 Å². The second-order valence-electron chi connectivity index (χ2n) is 9.22. The highest BCUT2D eigenvalue weighted by molar-refractivity contribution is 7.91. The quantitative estimate of drug-likeness (QED) is 0.456. The smallest absolute Gasteiger partial charge is 0.230 e. The standard InChI is InChI=1S/C26H29N5O3S2/c1-5-36(33,34)20-9-6-18(7-10-20)12-23(32)29-26-30-24-22(35-26)15-31(25(24)16(2)3)17(4)21-11-8-19(13-27)14-28-21/h6-11,14,16-17,25H,5,12,15H2,1-4H3,(H,29,30,32)/t17-,25?/m0/s1. The van der Waals surface area contributed by atoms with E-state index in [0.29, 0.717) is 23.2 Å². The van der Waals surface area contributed by atoms with Gasteiger partial charge < -0.3 is 5.32 Å². The SMILES string of the molecule is CCS(=O)(=O)c1ccc(CC(=O)Nc2nc3c(s2)CN([C@@H](C)c2ccc(C#N)cn2)C3C(C)C)cc1. The molecule has 0 aliphatic carbocycles. The molecule has 1 aliphatic heterocycles. The van der Waals surface area contributed by atoms with Crippen molar-refractivity contribution in [3.05, 3.63) is 70.0 Å². The second kappa shape index (κ2) is 10.5. The largest absolute Gasteiger partial charge is 0.302 e. The molecule has 2 atom stereocenters. The molecule has 2 aromatic heterocycles. The summed E-state index contributed by atoms with van der Waals surface area (Å²) < 4.78 is 24.0. The molecule has 4 rings (SSSR count). The number of carbonyl (C=O) groups excluding carboxylic acids is 1. The van der Waals surface area contributed by atoms with Crippen molar-refractivity contribution in [2.24, 2.45) is 5.92 Å². The normalized spacial score (nSPS) is 16.5. The van der Waals surface area contributed by atoms with Crippen molar-refractivity contribution in [3.63, 3.8) is 0 Å². The third-order valence-corrected chi connectivity index (χ3v) is 9.16. The molecule has 0 saturated carbocycles. The van der Waals surface area contributed by atoms with E-state index in [2.05, 4.69) is 42.0 Å². The molecule has 36 heavy (non-hydrogen) atoms. The van der Waals surface area contributed by atoms with Gasteiger partial charge in [0.1, 0.15) is 6.07 Å². The Hall–Kier alpha value is -3.13. The molecule has 10 heteroatoms. The van der Waals surface area contributed by atoms with Gasteiger partial charge in [-0.3, -0.25) is 14.7 Å². The van der Waals surface area contributed by atoms with Crippen LogP contribution in [0, 0.1) is 17.2 Å². The summed E-state index contributed by atoms with van der Waals surface area (Å²) in [5.41, 5.74) is 3.17. The number of nitrogens with one attached hydrogen (secondary N) is 1. The van der Waals surface area contributed by atoms with Crippen LogP contribution in [0.4, 0.5) is 5.13 Å². The zero-order valence-corrected chi connectivity index (χ0v) is 22.4. The number of pyridine rings is 1. The first kappa shape index (κ1) is 25.9. The summed E-state index contributed by atoms with van der Waals surface area (Å²) in [5.74, 6) is 0.149. The maximum Gasteiger partial charge on any atom is 0.230 e. The number of anilines is 1. The summed E-state index contributed by atoms with van der Waals surface area (Å²) in [4.78, 5) is 25.7. The topological polar surface area (TPSA) is 116 Å². The van der Waals surface area contributed by atoms with E-state index < -0.39 is 9.84 Å². The van der Waals surface area contributed by atoms with Crippen LogP contribution in [0.3, 0.4) is 0 Å². The van der Waals surface area contributed by atoms with Crippen LogP contribution >= 0.6 is 11.3 Å². The van der Waals surface area contributed by atoms with Crippen LogP contribution in [0.1, 0.15) is 67.2 Å². The van der Waals surface area contributed by atoms with Crippen LogP contribution in [0.25, 0.3) is 0 Å². The number of hydrogen-bond acceptors (Lipinski definition) is 8. The van der Waals surface area contributed by atoms with Crippen LogP contribution in [0.15, 0.2) is 47.5 Å². The van der Waals surface area contributed by atoms with Crippen molar-refractivity contribution in [2.45, 2.75) is 57.6 Å². The van der Waals surface area contributed by atoms with Crippen LogP contribution < -0.4 is 5.32 Å². The van der Waals surface area contributed by atoms with Gasteiger partial charge in [0, 0.05) is 17.6 Å². The number of carbonyl (C=O) groups is 1. The summed E-state index contributed by atoms with van der Waals surface area (Å²) >= 11 is 1.49. The Labute approximate surface area is 215 Å². The van der Waals surface area contributed by atoms with Crippen molar-refractivity contribution in [2.75, 3.05) is 11.1 Å². The van der Waals surface area contributed by atoms with Gasteiger partial charge >= 0.3 is 0 Å². The summed E-state index contributed by atoms with van der Waals surface area (Å²) in [6.07, 6.45) is 1.74. The number of aromatic nitrogens is 2. The molecule has 0 fully saturated rings. The Bertz CT molecular complexity index is 1390. The Kier molecular flexibility index (Phi) is 7.54. The highest BCUT2D eigenvalue weighted by Crippen LogP contribution is 2.46. The highest BCUT2D eigenvalue weighted by atomic mass is 32.2. The number of hydrogen-bond donors (Lipinski definition) is 1. The zero-order valence-electron chi connectivity index (χ0n) is 20.7. The Morgan fingerprint density at radius 1 is 1.22 bits per heavy atom. The van der Waals surface area contributed by atoms with Gasteiger partial charge in [0.25, 0.3) is 0 Å². The number of fused-ring (bicyclic) bond motifs is 1. The summed E-state index contributed by atoms with van der Waals surface area (Å²) in [6, 6.07) is 12.4. The number of amides is 1. The Balaban J connectivity index is 1.45. The molecule has 0 bridgehead atoms. The van der Waals surface area contributed by atoms with E-state index >= 15 is 0 Å². The third-order valence-electron chi connectivity index (χ3n) is 6.44. The number of rotatable bonds is 8. The Morgan fingerprint density at radius 3 is 2.53 bits per heavy atom. The highest BCUT2D eigenvalue weighted by Gasteiger charge is 2.39. The number of sulfone groups is 1. The number of nitrogens with zero attached hydrogens (tertiary/aromatic N) is 4. The van der Waals surface area contributed by atoms with Crippen LogP contribution in [0.2, 0.25) is 0 Å². The molecule has 1 amide bonds. The molecule has 0 spiro atoms. The molecule has 1 unspecified atom stereocenters. The lowest BCUT2D eigenvalue weighted by Crippen LogP contribution is -2.29. The fourth-order valence-corrected chi connectivity index (χ4v) is 6.39. The monoisotopic (exact) mass is 523 g/mol. The number of thiazole rings is 1. The van der Waals surface area contributed by atoms with Crippen LogP contribution in [-0.2, 0) is 27.6 Å². The first-order chi connectivity index (χ1) is 17.1. The lowest BCUT2D eigenvalue weighted by atomic mass is 10.00. The molecule has 188 valence electrons. The molecular weight excluding hydrogens is 494 g/mol. The van der Waals surface area contributed by atoms with Crippen LogP contribution in [-0.4, -0.2) is 34.9 Å². The second-order valence-corrected chi connectivity index (χ2v) is 12.6. The van der Waals surface area contributed by atoms with Gasteiger partial charge in [-0.25, -0.2) is 13.4 Å². The van der Waals surface area contributed by atoms with E-state index in [1.54, 1.807) is 43.5 Å². The molecular formula is C26H29N5O3S2. The average Bonchev–Trinajstić information content (AvgIpc) is 3.41. The molecule has 8 nitrogen and oxygen atoms in total. The van der Waals surface area contributed by atoms with E-state index in [9.17, 15) is 13.2 Å². The van der Waals surface area contributed by atoms with Crippen molar-refractivity contribution >= 4 is 32.2 Å². The summed E-state index contributed by atoms with van der Waals surface area (Å²) in [5, 5.41) is 12.5. The fraction of sp³-hybridized carbons (Fsp3) is 0.385. The van der Waals surface area contributed by atoms with Gasteiger partial charge in [-0.05, 0) is 42.7 Å². The maximum atomic E-state index is 12.7. The van der Waals surface area contributed by atoms with Gasteiger partial charge in [-0.2, -0.15) is 5.26 Å². The van der Waals surface area contributed by atoms with Gasteiger partial charge in [0.15, 0.2) is 15.0 Å². The fourth-order valence-electron chi connectivity index (χ4n) is 4.48. The maximum absolute atomic E-state index is 12.7. The number of benzene rings is 1. The molecule has 3 heterocycles. The lowest BCUT2D eigenvalue weighted by Gasteiger charge is -2.32. The summed E-state index contributed by atoms with van der Waals surface area (Å²) in [6.45, 7) is 8.75. The first-order valence-corrected chi connectivity index (χ1v) is 14.3. The minimum Gasteiger partial charge on any atom is -0.302 e. The first-order valence-electron chi connectivity index (χ1n) is 11.9. The molecule has 0 radical (unpaired) electrons. The minimum atomic E-state index is -3.26. The van der Waals surface area contributed by atoms with E-state index in [1.807, 2.05) is 6.07 Å². The minimum absolute atomic E-state index is 0.0408. The van der Waals surface area contributed by atoms with E-state index in [4.69, 9.17) is 10.2 Å². The van der Waals surface area contributed by atoms with Crippen molar-refractivity contribution in [3.8, 4) is 6.07 Å². The lowest BCUT2D eigenvalue weighted by molar-refractivity contribution is -0.115. The van der Waals surface area contributed by atoms with E-state index in [0.717, 1.165) is 21.8 Å². The molecule has 3 aromatic rings. The van der Waals surface area contributed by atoms with Crippen molar-refractivity contribution < 1.29 is 13.2 Å². The van der Waals surface area contributed by atoms with E-state index in [-0.39, 0.29) is 35.1 Å². The Morgan fingerprint density at radius 2 is 1.94 bits per heavy atom. The number of nitriles is 1. The predicted octanol–water partition coefficient (Wildman–Crippen LogP) is 4.66. The zero-order chi connectivity index (χ0) is 26.0. The van der Waals surface area contributed by atoms with Crippen molar-refractivity contribution in [1.82, 2.24) is 14.9 Å². The third kappa shape index (κ3) is 5.33. The molecule has 1 N–H and O–H groups in total. The van der Waals surface area contributed by atoms with E-state index in [1.165, 1.54) is 11.3 Å². The molecule has 1 aromatic carbocycles.